The van der Waals surface area contributed by atoms with E-state index in [0.717, 1.165) is 24.4 Å². The lowest BCUT2D eigenvalue weighted by atomic mass is 9.88. The van der Waals surface area contributed by atoms with Crippen LogP contribution in [0.4, 0.5) is 4.39 Å². The number of benzene rings is 1. The Kier molecular flexibility index (Phi) is 7.45. The molecule has 0 N–H and O–H groups in total. The molecular weight excluding hydrogens is 371 g/mol. The molecule has 0 saturated carbocycles. The lowest BCUT2D eigenvalue weighted by Gasteiger charge is -2.29. The molecule has 2 atom stereocenters. The Morgan fingerprint density at radius 3 is 2.79 bits per heavy atom. The Hall–Kier alpha value is -2.18. The zero-order valence-corrected chi connectivity index (χ0v) is 17.5. The van der Waals surface area contributed by atoms with Crippen molar-refractivity contribution in [2.75, 3.05) is 39.9 Å². The quantitative estimate of drug-likeness (QED) is 0.641. The second-order valence-corrected chi connectivity index (χ2v) is 8.13. The molecule has 1 aliphatic heterocycles. The third-order valence-electron chi connectivity index (χ3n) is 5.58. The molecule has 0 bridgehead atoms. The van der Waals surface area contributed by atoms with Crippen molar-refractivity contribution in [3.05, 3.63) is 59.8 Å². The molecule has 2 aromatic rings. The van der Waals surface area contributed by atoms with E-state index in [2.05, 4.69) is 4.90 Å². The number of carbonyl (C=O) groups excluding carboxylic acids is 1. The van der Waals surface area contributed by atoms with Crippen LogP contribution in [0.25, 0.3) is 0 Å². The second kappa shape index (κ2) is 10.0. The lowest BCUT2D eigenvalue weighted by Crippen LogP contribution is -2.41. The van der Waals surface area contributed by atoms with E-state index in [0.29, 0.717) is 26.2 Å². The smallest absolute Gasteiger partial charge is 0.225 e. The summed E-state index contributed by atoms with van der Waals surface area (Å²) in [5.41, 5.74) is 0.987. The van der Waals surface area contributed by atoms with Crippen LogP contribution in [-0.4, -0.2) is 55.6 Å². The van der Waals surface area contributed by atoms with E-state index in [1.165, 1.54) is 6.07 Å². The van der Waals surface area contributed by atoms with Gasteiger partial charge in [0.25, 0.3) is 0 Å². The van der Waals surface area contributed by atoms with Gasteiger partial charge in [-0.1, -0.05) is 26.0 Å². The van der Waals surface area contributed by atoms with E-state index < -0.39 is 0 Å². The number of hydrogen-bond donors (Lipinski definition) is 0. The molecule has 2 heterocycles. The summed E-state index contributed by atoms with van der Waals surface area (Å²) < 4.78 is 24.6. The number of likely N-dealkylation sites (tertiary alicyclic amines) is 1. The first-order valence-electron chi connectivity index (χ1n) is 10.3. The molecule has 1 fully saturated rings. The predicted molar refractivity (Wildman–Crippen MR) is 110 cm³/mol. The van der Waals surface area contributed by atoms with Gasteiger partial charge in [0.2, 0.25) is 5.91 Å². The third-order valence-corrected chi connectivity index (χ3v) is 5.58. The van der Waals surface area contributed by atoms with Crippen molar-refractivity contribution in [3.8, 4) is 0 Å². The average molecular weight is 403 g/mol. The van der Waals surface area contributed by atoms with Gasteiger partial charge in [-0.3, -0.25) is 9.69 Å². The van der Waals surface area contributed by atoms with Gasteiger partial charge >= 0.3 is 0 Å². The van der Waals surface area contributed by atoms with Gasteiger partial charge in [0.05, 0.1) is 19.4 Å². The van der Waals surface area contributed by atoms with E-state index in [1.807, 2.05) is 36.9 Å². The Morgan fingerprint density at radius 2 is 2.14 bits per heavy atom. The summed E-state index contributed by atoms with van der Waals surface area (Å²) in [6, 6.07) is 10.7. The topological polar surface area (TPSA) is 45.9 Å². The van der Waals surface area contributed by atoms with Crippen molar-refractivity contribution in [1.82, 2.24) is 9.80 Å². The van der Waals surface area contributed by atoms with E-state index in [9.17, 15) is 9.18 Å². The molecule has 1 aliphatic rings. The minimum Gasteiger partial charge on any atom is -0.468 e. The Morgan fingerprint density at radius 1 is 1.31 bits per heavy atom. The molecule has 0 unspecified atom stereocenters. The van der Waals surface area contributed by atoms with Gasteiger partial charge in [-0.2, -0.15) is 0 Å². The summed E-state index contributed by atoms with van der Waals surface area (Å²) in [5.74, 6) is 1.12. The summed E-state index contributed by atoms with van der Waals surface area (Å²) >= 11 is 0. The molecular formula is C23H31FN2O3. The third kappa shape index (κ3) is 5.67. The Labute approximate surface area is 172 Å². The Balaban J connectivity index is 1.79. The number of rotatable bonds is 9. The van der Waals surface area contributed by atoms with Crippen LogP contribution in [0, 0.1) is 17.7 Å². The van der Waals surface area contributed by atoms with Crippen LogP contribution in [0.1, 0.15) is 31.1 Å². The second-order valence-electron chi connectivity index (χ2n) is 8.13. The van der Waals surface area contributed by atoms with Crippen molar-refractivity contribution >= 4 is 5.91 Å². The van der Waals surface area contributed by atoms with Crippen molar-refractivity contribution in [2.24, 2.45) is 11.8 Å². The highest BCUT2D eigenvalue weighted by molar-refractivity contribution is 5.78. The minimum atomic E-state index is -0.222. The number of ether oxygens (including phenoxy) is 1. The zero-order chi connectivity index (χ0) is 20.8. The highest BCUT2D eigenvalue weighted by atomic mass is 19.1. The number of methoxy groups -OCH3 is 1. The molecule has 3 rings (SSSR count). The van der Waals surface area contributed by atoms with E-state index >= 15 is 0 Å². The SMILES string of the molecule is COCCN(C[C@H]1CN(Cc2ccco2)C[C@@H]1c1cccc(F)c1)C(=O)C(C)C. The van der Waals surface area contributed by atoms with Crippen molar-refractivity contribution < 1.29 is 18.3 Å². The normalized spacial score (nSPS) is 19.8. The standard InChI is InChI=1S/C23H31FN2O3/c1-17(2)23(27)26(9-11-28-3)14-19-13-25(15-21-8-5-10-29-21)16-22(19)18-6-4-7-20(24)12-18/h4-8,10,12,17,19,22H,9,11,13-16H2,1-3H3/t19-,22-/m1/s1. The van der Waals surface area contributed by atoms with Gasteiger partial charge in [0.1, 0.15) is 11.6 Å². The largest absolute Gasteiger partial charge is 0.468 e. The molecule has 1 aromatic heterocycles. The lowest BCUT2D eigenvalue weighted by molar-refractivity contribution is -0.135. The van der Waals surface area contributed by atoms with Crippen LogP contribution in [0.5, 0.6) is 0 Å². The molecule has 0 spiro atoms. The maximum absolute atomic E-state index is 13.9. The van der Waals surface area contributed by atoms with Gasteiger partial charge in [0, 0.05) is 45.1 Å². The first-order valence-corrected chi connectivity index (χ1v) is 10.3. The van der Waals surface area contributed by atoms with Gasteiger partial charge < -0.3 is 14.1 Å². The molecule has 0 radical (unpaired) electrons. The molecule has 1 aromatic carbocycles. The molecule has 0 aliphatic carbocycles. The Bertz CT molecular complexity index is 778. The number of amides is 1. The summed E-state index contributed by atoms with van der Waals surface area (Å²) in [6.07, 6.45) is 1.68. The molecule has 6 heteroatoms. The number of furan rings is 1. The zero-order valence-electron chi connectivity index (χ0n) is 17.5. The van der Waals surface area contributed by atoms with Gasteiger partial charge in [-0.05, 0) is 35.7 Å². The summed E-state index contributed by atoms with van der Waals surface area (Å²) in [4.78, 5) is 17.0. The first-order chi connectivity index (χ1) is 14.0. The van der Waals surface area contributed by atoms with Crippen LogP contribution < -0.4 is 0 Å². The summed E-state index contributed by atoms with van der Waals surface area (Å²) in [5, 5.41) is 0. The van der Waals surface area contributed by atoms with Crippen molar-refractivity contribution in [2.45, 2.75) is 26.3 Å². The molecule has 5 nitrogen and oxygen atoms in total. The van der Waals surface area contributed by atoms with Crippen molar-refractivity contribution in [1.29, 1.82) is 0 Å². The molecule has 1 saturated heterocycles. The molecule has 29 heavy (non-hydrogen) atoms. The summed E-state index contributed by atoms with van der Waals surface area (Å²) in [6.45, 7) is 7.90. The van der Waals surface area contributed by atoms with E-state index in [4.69, 9.17) is 9.15 Å². The number of nitrogens with zero attached hydrogens (tertiary/aromatic N) is 2. The number of carbonyl (C=O) groups is 1. The fourth-order valence-corrected chi connectivity index (χ4v) is 4.15. The highest BCUT2D eigenvalue weighted by Gasteiger charge is 2.36. The fraction of sp³-hybridized carbons (Fsp3) is 0.522. The van der Waals surface area contributed by atoms with Crippen molar-refractivity contribution in [3.63, 3.8) is 0 Å². The number of halogens is 1. The predicted octanol–water partition coefficient (Wildman–Crippen LogP) is 3.77. The average Bonchev–Trinajstić information content (AvgIpc) is 3.34. The maximum Gasteiger partial charge on any atom is 0.225 e. The van der Waals surface area contributed by atoms with E-state index in [1.54, 1.807) is 25.5 Å². The molecule has 158 valence electrons. The molecule has 1 amide bonds. The summed E-state index contributed by atoms with van der Waals surface area (Å²) in [7, 11) is 1.65. The van der Waals surface area contributed by atoms with Gasteiger partial charge in [0.15, 0.2) is 0 Å². The van der Waals surface area contributed by atoms with Crippen LogP contribution in [-0.2, 0) is 16.1 Å². The van der Waals surface area contributed by atoms with Crippen LogP contribution in [0.15, 0.2) is 47.1 Å². The highest BCUT2D eigenvalue weighted by Crippen LogP contribution is 2.34. The van der Waals surface area contributed by atoms with Gasteiger partial charge in [-0.15, -0.1) is 0 Å². The van der Waals surface area contributed by atoms with Crippen LogP contribution in [0.3, 0.4) is 0 Å². The van der Waals surface area contributed by atoms with Gasteiger partial charge in [-0.25, -0.2) is 4.39 Å². The monoisotopic (exact) mass is 402 g/mol. The van der Waals surface area contributed by atoms with Crippen LogP contribution in [0.2, 0.25) is 0 Å². The first kappa shape index (κ1) is 21.5. The van der Waals surface area contributed by atoms with Crippen LogP contribution >= 0.6 is 0 Å². The van der Waals surface area contributed by atoms with E-state index in [-0.39, 0.29) is 29.5 Å². The fourth-order valence-electron chi connectivity index (χ4n) is 4.15. The minimum absolute atomic E-state index is 0.0694. The number of hydrogen-bond acceptors (Lipinski definition) is 4. The maximum atomic E-state index is 13.9.